The highest BCUT2D eigenvalue weighted by Crippen LogP contribution is 2.15. The van der Waals surface area contributed by atoms with Gasteiger partial charge < -0.3 is 21.2 Å². The second-order valence-corrected chi connectivity index (χ2v) is 5.13. The predicted octanol–water partition coefficient (Wildman–Crippen LogP) is 1.22. The first-order chi connectivity index (χ1) is 8.76. The number of piperidine rings is 1. The van der Waals surface area contributed by atoms with Gasteiger partial charge in [0.2, 0.25) is 0 Å². The summed E-state index contributed by atoms with van der Waals surface area (Å²) < 4.78 is 0. The van der Waals surface area contributed by atoms with Crippen molar-refractivity contribution in [3.05, 3.63) is 0 Å². The molecule has 0 bridgehead atoms. The molecule has 0 unspecified atom stereocenters. The van der Waals surface area contributed by atoms with E-state index in [2.05, 4.69) is 22.3 Å². The van der Waals surface area contributed by atoms with E-state index in [4.69, 9.17) is 10.9 Å². The van der Waals surface area contributed by atoms with Crippen LogP contribution in [-0.4, -0.2) is 48.7 Å². The Morgan fingerprint density at radius 1 is 1.39 bits per heavy atom. The van der Waals surface area contributed by atoms with Crippen molar-refractivity contribution in [3.63, 3.8) is 0 Å². The maximum Gasteiger partial charge on any atom is 0.139 e. The topological polar surface area (TPSA) is 73.9 Å². The summed E-state index contributed by atoms with van der Waals surface area (Å²) >= 11 is 0. The van der Waals surface area contributed by atoms with Crippen molar-refractivity contribution in [1.82, 2.24) is 10.2 Å². The predicted molar refractivity (Wildman–Crippen MR) is 75.0 cm³/mol. The number of hydrogen-bond donors (Lipinski definition) is 3. The number of amidine groups is 1. The summed E-state index contributed by atoms with van der Waals surface area (Å²) in [5, 5.41) is 14.9. The Morgan fingerprint density at radius 3 is 2.72 bits per heavy atom. The third-order valence-corrected chi connectivity index (χ3v) is 3.75. The third kappa shape index (κ3) is 6.21. The fraction of sp³-hybridized carbons (Fsp3) is 0.923. The molecule has 1 aliphatic heterocycles. The fourth-order valence-corrected chi connectivity index (χ4v) is 2.42. The van der Waals surface area contributed by atoms with Crippen LogP contribution in [-0.2, 0) is 0 Å². The van der Waals surface area contributed by atoms with Gasteiger partial charge in [-0.1, -0.05) is 12.1 Å². The number of nitrogens with zero attached hydrogens (tertiary/aromatic N) is 2. The van der Waals surface area contributed by atoms with E-state index >= 15 is 0 Å². The summed E-state index contributed by atoms with van der Waals surface area (Å²) in [6, 6.07) is 0. The minimum absolute atomic E-state index is 0.335. The molecule has 1 fully saturated rings. The van der Waals surface area contributed by atoms with Crippen molar-refractivity contribution in [2.24, 2.45) is 16.8 Å². The van der Waals surface area contributed by atoms with Crippen molar-refractivity contribution >= 4 is 5.84 Å². The lowest BCUT2D eigenvalue weighted by atomic mass is 9.97. The number of likely N-dealkylation sites (tertiary alicyclic amines) is 1. The van der Waals surface area contributed by atoms with Crippen LogP contribution < -0.4 is 11.1 Å². The van der Waals surface area contributed by atoms with Gasteiger partial charge in [0, 0.05) is 6.42 Å². The minimum Gasteiger partial charge on any atom is -0.409 e. The van der Waals surface area contributed by atoms with Crippen LogP contribution in [0, 0.1) is 5.92 Å². The number of rotatable bonds is 8. The van der Waals surface area contributed by atoms with Crippen LogP contribution >= 0.6 is 0 Å². The number of hydrogen-bond acceptors (Lipinski definition) is 4. The van der Waals surface area contributed by atoms with Gasteiger partial charge in [-0.25, -0.2) is 0 Å². The van der Waals surface area contributed by atoms with Gasteiger partial charge in [-0.3, -0.25) is 0 Å². The zero-order valence-corrected chi connectivity index (χ0v) is 11.6. The molecule has 0 spiro atoms. The summed E-state index contributed by atoms with van der Waals surface area (Å²) in [6.07, 6.45) is 5.41. The van der Waals surface area contributed by atoms with Gasteiger partial charge in [0.25, 0.3) is 0 Å². The molecule has 0 radical (unpaired) electrons. The van der Waals surface area contributed by atoms with E-state index in [1.807, 2.05) is 0 Å². The minimum atomic E-state index is 0.335. The van der Waals surface area contributed by atoms with Gasteiger partial charge in [-0.15, -0.1) is 0 Å². The zero-order valence-electron chi connectivity index (χ0n) is 11.6. The Morgan fingerprint density at radius 2 is 2.11 bits per heavy atom. The van der Waals surface area contributed by atoms with Gasteiger partial charge in [-0.05, 0) is 64.3 Å². The molecule has 1 heterocycles. The Labute approximate surface area is 110 Å². The largest absolute Gasteiger partial charge is 0.409 e. The number of oxime groups is 1. The monoisotopic (exact) mass is 256 g/mol. The molecule has 1 aliphatic rings. The Hall–Kier alpha value is -0.810. The van der Waals surface area contributed by atoms with E-state index in [-0.39, 0.29) is 0 Å². The van der Waals surface area contributed by atoms with Crippen molar-refractivity contribution in [3.8, 4) is 0 Å². The molecular weight excluding hydrogens is 228 g/mol. The molecule has 0 aliphatic carbocycles. The molecule has 106 valence electrons. The average molecular weight is 256 g/mol. The summed E-state index contributed by atoms with van der Waals surface area (Å²) in [5.74, 6) is 1.18. The molecule has 0 aromatic rings. The standard InChI is InChI=1S/C13H28N4O/c1-2-17-9-6-12(7-10-17)11-15-8-4-3-5-13(14)16-18/h12,15,18H,2-11H2,1H3,(H2,14,16). The maximum absolute atomic E-state index is 8.39. The van der Waals surface area contributed by atoms with Crippen LogP contribution in [0.4, 0.5) is 0 Å². The second-order valence-electron chi connectivity index (χ2n) is 5.13. The van der Waals surface area contributed by atoms with Gasteiger partial charge in [0.15, 0.2) is 0 Å². The highest BCUT2D eigenvalue weighted by Gasteiger charge is 2.17. The maximum atomic E-state index is 8.39. The molecule has 4 N–H and O–H groups in total. The fourth-order valence-electron chi connectivity index (χ4n) is 2.42. The van der Waals surface area contributed by atoms with Crippen LogP contribution in [0.15, 0.2) is 5.16 Å². The molecule has 18 heavy (non-hydrogen) atoms. The number of nitrogens with two attached hydrogens (primary N) is 1. The van der Waals surface area contributed by atoms with Crippen molar-refractivity contribution < 1.29 is 5.21 Å². The lowest BCUT2D eigenvalue weighted by Crippen LogP contribution is -2.37. The number of unbranched alkanes of at least 4 members (excludes halogenated alkanes) is 1. The summed E-state index contributed by atoms with van der Waals surface area (Å²) in [5.41, 5.74) is 5.41. The molecule has 0 atom stereocenters. The normalized spacial score (nSPS) is 19.3. The van der Waals surface area contributed by atoms with Crippen LogP contribution in [0.1, 0.15) is 39.0 Å². The molecule has 0 aromatic heterocycles. The smallest absolute Gasteiger partial charge is 0.139 e. The summed E-state index contributed by atoms with van der Waals surface area (Å²) in [6.45, 7) is 8.11. The first kappa shape index (κ1) is 15.2. The van der Waals surface area contributed by atoms with E-state index in [1.165, 1.54) is 32.5 Å². The van der Waals surface area contributed by atoms with Crippen molar-refractivity contribution in [2.45, 2.75) is 39.0 Å². The Kier molecular flexibility index (Phi) is 7.76. The summed E-state index contributed by atoms with van der Waals surface area (Å²) in [4.78, 5) is 2.52. The quantitative estimate of drug-likeness (QED) is 0.201. The molecule has 1 saturated heterocycles. The molecule has 1 rings (SSSR count). The zero-order chi connectivity index (χ0) is 13.2. The van der Waals surface area contributed by atoms with E-state index in [1.54, 1.807) is 0 Å². The molecule has 0 amide bonds. The third-order valence-electron chi connectivity index (χ3n) is 3.75. The van der Waals surface area contributed by atoms with Crippen LogP contribution in [0.25, 0.3) is 0 Å². The van der Waals surface area contributed by atoms with Crippen LogP contribution in [0.3, 0.4) is 0 Å². The number of nitrogens with one attached hydrogen (secondary N) is 1. The molecule has 0 aromatic carbocycles. The highest BCUT2D eigenvalue weighted by atomic mass is 16.4. The second kappa shape index (κ2) is 9.16. The molecular formula is C13H28N4O. The van der Waals surface area contributed by atoms with Gasteiger partial charge >= 0.3 is 0 Å². The van der Waals surface area contributed by atoms with E-state index < -0.39 is 0 Å². The van der Waals surface area contributed by atoms with Crippen molar-refractivity contribution in [2.75, 3.05) is 32.7 Å². The van der Waals surface area contributed by atoms with Gasteiger partial charge in [-0.2, -0.15) is 0 Å². The first-order valence-electron chi connectivity index (χ1n) is 7.15. The van der Waals surface area contributed by atoms with Crippen LogP contribution in [0.2, 0.25) is 0 Å². The van der Waals surface area contributed by atoms with E-state index in [0.717, 1.165) is 31.8 Å². The Bertz CT molecular complexity index is 237. The van der Waals surface area contributed by atoms with Crippen LogP contribution in [0.5, 0.6) is 0 Å². The highest BCUT2D eigenvalue weighted by molar-refractivity contribution is 5.79. The Balaban J connectivity index is 1.92. The summed E-state index contributed by atoms with van der Waals surface area (Å²) in [7, 11) is 0. The van der Waals surface area contributed by atoms with Crippen molar-refractivity contribution in [1.29, 1.82) is 0 Å². The lowest BCUT2D eigenvalue weighted by molar-refractivity contribution is 0.190. The van der Waals surface area contributed by atoms with Gasteiger partial charge in [0.05, 0.1) is 0 Å². The van der Waals surface area contributed by atoms with E-state index in [0.29, 0.717) is 12.3 Å². The molecule has 0 saturated carbocycles. The lowest BCUT2D eigenvalue weighted by Gasteiger charge is -2.31. The van der Waals surface area contributed by atoms with Gasteiger partial charge in [0.1, 0.15) is 5.84 Å². The molecule has 5 nitrogen and oxygen atoms in total. The SMILES string of the molecule is CCN1CCC(CNCCCCC(N)=NO)CC1. The average Bonchev–Trinajstić information content (AvgIpc) is 2.43. The molecule has 5 heteroatoms. The first-order valence-corrected chi connectivity index (χ1v) is 7.15. The van der Waals surface area contributed by atoms with E-state index in [9.17, 15) is 0 Å².